The number of nitrogens with zero attached hydrogens (tertiary/aromatic N) is 2. The van der Waals surface area contributed by atoms with Gasteiger partial charge in [0.05, 0.1) is 0 Å². The normalized spacial score (nSPS) is 15.3. The Hall–Kier alpha value is -1.72. The maximum Gasteiger partial charge on any atom is 0.344 e. The minimum atomic E-state index is -0.250. The Morgan fingerprint density at radius 1 is 1.33 bits per heavy atom. The maximum atomic E-state index is 11.2. The summed E-state index contributed by atoms with van der Waals surface area (Å²) in [6, 6.07) is 0. The summed E-state index contributed by atoms with van der Waals surface area (Å²) < 4.78 is 1.67. The van der Waals surface area contributed by atoms with Crippen LogP contribution in [0.3, 0.4) is 0 Å². The predicted octanol–water partition coefficient (Wildman–Crippen LogP) is -0.000900. The van der Waals surface area contributed by atoms with Crippen LogP contribution in [-0.2, 0) is 4.79 Å². The van der Waals surface area contributed by atoms with E-state index in [1.807, 2.05) is 0 Å². The minimum absolute atomic E-state index is 0.0306. The van der Waals surface area contributed by atoms with Crippen molar-refractivity contribution in [3.8, 4) is 0 Å². The van der Waals surface area contributed by atoms with Crippen LogP contribution in [-0.4, -0.2) is 34.3 Å². The SMILES string of the molecule is O=CO.O=c1[nH]ccn1N1CCCCC1. The number of nitrogens with one attached hydrogen (secondary N) is 1. The molecule has 1 aromatic rings. The van der Waals surface area contributed by atoms with E-state index in [0.29, 0.717) is 0 Å². The van der Waals surface area contributed by atoms with Gasteiger partial charge < -0.3 is 15.1 Å². The first-order valence-corrected chi connectivity index (χ1v) is 4.88. The monoisotopic (exact) mass is 213 g/mol. The van der Waals surface area contributed by atoms with Gasteiger partial charge in [-0.25, -0.2) is 9.47 Å². The molecule has 0 aliphatic carbocycles. The van der Waals surface area contributed by atoms with Crippen LogP contribution < -0.4 is 10.7 Å². The fourth-order valence-electron chi connectivity index (χ4n) is 1.63. The van der Waals surface area contributed by atoms with Gasteiger partial charge in [-0.05, 0) is 19.3 Å². The van der Waals surface area contributed by atoms with Crippen molar-refractivity contribution in [1.82, 2.24) is 9.66 Å². The second-order valence-corrected chi connectivity index (χ2v) is 3.23. The van der Waals surface area contributed by atoms with Crippen molar-refractivity contribution >= 4 is 6.47 Å². The number of imidazole rings is 1. The number of piperidine rings is 1. The average Bonchev–Trinajstić information content (AvgIpc) is 2.67. The quantitative estimate of drug-likeness (QED) is 0.643. The van der Waals surface area contributed by atoms with E-state index in [0.717, 1.165) is 13.1 Å². The van der Waals surface area contributed by atoms with Gasteiger partial charge in [-0.3, -0.25) is 4.79 Å². The summed E-state index contributed by atoms with van der Waals surface area (Å²) in [7, 11) is 0. The fourth-order valence-corrected chi connectivity index (χ4v) is 1.63. The molecular formula is C9H15N3O3. The summed E-state index contributed by atoms with van der Waals surface area (Å²) >= 11 is 0. The van der Waals surface area contributed by atoms with Crippen LogP contribution in [0.2, 0.25) is 0 Å². The van der Waals surface area contributed by atoms with Crippen molar-refractivity contribution in [2.45, 2.75) is 19.3 Å². The van der Waals surface area contributed by atoms with Gasteiger partial charge in [0.25, 0.3) is 6.47 Å². The number of carbonyl (C=O) groups is 1. The molecule has 15 heavy (non-hydrogen) atoms. The smallest absolute Gasteiger partial charge is 0.344 e. The highest BCUT2D eigenvalue weighted by Crippen LogP contribution is 2.05. The van der Waals surface area contributed by atoms with E-state index in [2.05, 4.69) is 9.99 Å². The molecule has 1 saturated heterocycles. The highest BCUT2D eigenvalue weighted by atomic mass is 16.3. The molecule has 2 N–H and O–H groups in total. The number of hydrogen-bond acceptors (Lipinski definition) is 3. The van der Waals surface area contributed by atoms with Gasteiger partial charge in [0.2, 0.25) is 0 Å². The molecule has 1 fully saturated rings. The summed E-state index contributed by atoms with van der Waals surface area (Å²) in [5.74, 6) is 0. The van der Waals surface area contributed by atoms with E-state index in [9.17, 15) is 4.79 Å². The third-order valence-electron chi connectivity index (χ3n) is 2.27. The predicted molar refractivity (Wildman–Crippen MR) is 55.5 cm³/mol. The summed E-state index contributed by atoms with van der Waals surface area (Å²) in [6.45, 7) is 1.75. The molecule has 0 amide bonds. The molecule has 0 radical (unpaired) electrons. The lowest BCUT2D eigenvalue weighted by molar-refractivity contribution is -0.122. The van der Waals surface area contributed by atoms with Crippen LogP contribution in [0, 0.1) is 0 Å². The van der Waals surface area contributed by atoms with E-state index < -0.39 is 0 Å². The third kappa shape index (κ3) is 3.16. The van der Waals surface area contributed by atoms with Crippen molar-refractivity contribution in [3.63, 3.8) is 0 Å². The van der Waals surface area contributed by atoms with Crippen molar-refractivity contribution in [2.24, 2.45) is 0 Å². The molecule has 1 aliphatic heterocycles. The molecule has 0 bridgehead atoms. The molecule has 0 spiro atoms. The Bertz CT molecular complexity index is 338. The Kier molecular flexibility index (Phi) is 4.46. The maximum absolute atomic E-state index is 11.2. The molecule has 0 aromatic carbocycles. The van der Waals surface area contributed by atoms with E-state index in [-0.39, 0.29) is 12.2 Å². The zero-order chi connectivity index (χ0) is 11.1. The summed E-state index contributed by atoms with van der Waals surface area (Å²) in [6.07, 6.45) is 7.13. The lowest BCUT2D eigenvalue weighted by Gasteiger charge is -2.28. The van der Waals surface area contributed by atoms with Gasteiger partial charge in [-0.2, -0.15) is 0 Å². The molecular weight excluding hydrogens is 198 g/mol. The van der Waals surface area contributed by atoms with Crippen LogP contribution in [0.15, 0.2) is 17.2 Å². The summed E-state index contributed by atoms with van der Waals surface area (Å²) in [4.78, 5) is 22.2. The van der Waals surface area contributed by atoms with Crippen molar-refractivity contribution < 1.29 is 9.90 Å². The van der Waals surface area contributed by atoms with E-state index >= 15 is 0 Å². The molecule has 0 saturated carbocycles. The largest absolute Gasteiger partial charge is 0.483 e. The van der Waals surface area contributed by atoms with Crippen molar-refractivity contribution in [2.75, 3.05) is 18.1 Å². The number of carboxylic acid groups (broad SMARTS) is 1. The average molecular weight is 213 g/mol. The topological polar surface area (TPSA) is 78.3 Å². The van der Waals surface area contributed by atoms with Gasteiger partial charge in [-0.15, -0.1) is 0 Å². The zero-order valence-electron chi connectivity index (χ0n) is 8.43. The lowest BCUT2D eigenvalue weighted by atomic mass is 10.2. The van der Waals surface area contributed by atoms with Crippen LogP contribution in [0.4, 0.5) is 0 Å². The Morgan fingerprint density at radius 3 is 2.40 bits per heavy atom. The van der Waals surface area contributed by atoms with Gasteiger partial charge >= 0.3 is 5.69 Å². The van der Waals surface area contributed by atoms with E-state index in [4.69, 9.17) is 9.90 Å². The van der Waals surface area contributed by atoms with Gasteiger partial charge in [0.1, 0.15) is 0 Å². The van der Waals surface area contributed by atoms with Crippen molar-refractivity contribution in [1.29, 1.82) is 0 Å². The molecule has 6 heteroatoms. The van der Waals surface area contributed by atoms with Gasteiger partial charge in [0, 0.05) is 25.5 Å². The Balaban J connectivity index is 0.000000337. The molecule has 0 unspecified atom stereocenters. The first kappa shape index (κ1) is 11.4. The fraction of sp³-hybridized carbons (Fsp3) is 0.556. The number of hydrogen-bond donors (Lipinski definition) is 2. The zero-order valence-corrected chi connectivity index (χ0v) is 8.43. The molecule has 0 atom stereocenters. The molecule has 1 aromatic heterocycles. The Labute approximate surface area is 87.1 Å². The molecule has 2 rings (SSSR count). The summed E-state index contributed by atoms with van der Waals surface area (Å²) in [5, 5.41) is 8.97. The molecule has 6 nitrogen and oxygen atoms in total. The highest BCUT2D eigenvalue weighted by molar-refractivity contribution is 5.32. The van der Waals surface area contributed by atoms with E-state index in [1.54, 1.807) is 17.1 Å². The molecule has 1 aliphatic rings. The number of H-pyrrole nitrogens is 1. The first-order chi connectivity index (χ1) is 7.29. The second-order valence-electron chi connectivity index (χ2n) is 3.23. The van der Waals surface area contributed by atoms with Crippen LogP contribution in [0.25, 0.3) is 0 Å². The standard InChI is InChI=1S/C8H13N3O.CH2O2/c12-8-9-4-7-11(8)10-5-2-1-3-6-10;2-1-3/h4,7H,1-3,5-6H2,(H,9,12);1H,(H,2,3). The van der Waals surface area contributed by atoms with Gasteiger partial charge in [0.15, 0.2) is 0 Å². The first-order valence-electron chi connectivity index (χ1n) is 4.88. The van der Waals surface area contributed by atoms with Crippen LogP contribution in [0.5, 0.6) is 0 Å². The highest BCUT2D eigenvalue weighted by Gasteiger charge is 2.11. The molecule has 2 heterocycles. The van der Waals surface area contributed by atoms with E-state index in [1.165, 1.54) is 19.3 Å². The van der Waals surface area contributed by atoms with Crippen molar-refractivity contribution in [3.05, 3.63) is 22.9 Å². The second kappa shape index (κ2) is 5.90. The molecule has 84 valence electrons. The van der Waals surface area contributed by atoms with Crippen LogP contribution in [0.1, 0.15) is 19.3 Å². The Morgan fingerprint density at radius 2 is 1.93 bits per heavy atom. The number of rotatable bonds is 1. The number of aromatic amines is 1. The lowest BCUT2D eigenvalue weighted by Crippen LogP contribution is -2.43. The third-order valence-corrected chi connectivity index (χ3v) is 2.27. The number of aromatic nitrogens is 2. The van der Waals surface area contributed by atoms with Gasteiger partial charge in [-0.1, -0.05) is 0 Å². The van der Waals surface area contributed by atoms with Crippen LogP contribution >= 0.6 is 0 Å². The minimum Gasteiger partial charge on any atom is -0.483 e. The summed E-state index contributed by atoms with van der Waals surface area (Å²) in [5.41, 5.74) is -0.0306.